The van der Waals surface area contributed by atoms with Gasteiger partial charge in [0.25, 0.3) is 5.91 Å². The van der Waals surface area contributed by atoms with Gasteiger partial charge in [-0.25, -0.2) is 0 Å². The number of rotatable bonds is 2. The van der Waals surface area contributed by atoms with E-state index in [-0.39, 0.29) is 29.7 Å². The molecule has 0 radical (unpaired) electrons. The summed E-state index contributed by atoms with van der Waals surface area (Å²) in [4.78, 5) is 41.4. The van der Waals surface area contributed by atoms with Crippen LogP contribution in [0.25, 0.3) is 5.76 Å². The lowest BCUT2D eigenvalue weighted by atomic mass is 9.57. The molecule has 0 aliphatic heterocycles. The smallest absolute Gasteiger partial charge is 0.258 e. The third-order valence-corrected chi connectivity index (χ3v) is 7.93. The molecule has 4 unspecified atom stereocenters. The molecule has 2 aromatic rings. The number of benzene rings is 2. The number of hydrogen-bond donors (Lipinski definition) is 5. The fourth-order valence-electron chi connectivity index (χ4n) is 6.13. The van der Waals surface area contributed by atoms with Gasteiger partial charge in [0.1, 0.15) is 22.8 Å². The highest BCUT2D eigenvalue weighted by Crippen LogP contribution is 2.52. The van der Waals surface area contributed by atoms with Gasteiger partial charge in [0.2, 0.25) is 5.78 Å². The summed E-state index contributed by atoms with van der Waals surface area (Å²) >= 11 is 0. The van der Waals surface area contributed by atoms with Gasteiger partial charge in [-0.2, -0.15) is 0 Å². The third kappa shape index (κ3) is 3.83. The maximum Gasteiger partial charge on any atom is 0.258 e. The monoisotopic (exact) mass is 528 g/mol. The number of phenols is 1. The molecule has 39 heavy (non-hydrogen) atoms. The zero-order valence-corrected chi connectivity index (χ0v) is 21.6. The molecule has 0 spiro atoms. The molecule has 1 fully saturated rings. The zero-order valence-electron chi connectivity index (χ0n) is 21.6. The largest absolute Gasteiger partial charge is 0.508 e. The summed E-state index contributed by atoms with van der Waals surface area (Å²) in [7, 11) is 4.44. The standard InChI is InChI=1S/C30H28N2O7/c1-31-29(38)23-26(35)24(32(2)3)19-14-17-13-18-16(10-9-15-7-5-4-6-8-15)11-12-20(33)22(18)25(34)21(17)27(36)30(19,39)28(23)37/h4-8,11-12,17,19,24,33-34,37,39H,13-14H2,1-3H3,(H,31,38). The van der Waals surface area contributed by atoms with Gasteiger partial charge < -0.3 is 25.7 Å². The third-order valence-electron chi connectivity index (χ3n) is 7.93. The van der Waals surface area contributed by atoms with E-state index in [1.54, 1.807) is 20.2 Å². The molecule has 0 heterocycles. The Balaban J connectivity index is 1.69. The summed E-state index contributed by atoms with van der Waals surface area (Å²) in [5.41, 5.74) is -1.59. The Kier molecular flexibility index (Phi) is 6.33. The van der Waals surface area contributed by atoms with E-state index in [9.17, 15) is 34.8 Å². The quantitative estimate of drug-likeness (QED) is 0.292. The van der Waals surface area contributed by atoms with Crippen LogP contribution in [0.3, 0.4) is 0 Å². The summed E-state index contributed by atoms with van der Waals surface area (Å²) in [6.45, 7) is 0. The van der Waals surface area contributed by atoms with Crippen LogP contribution in [0.1, 0.15) is 28.7 Å². The van der Waals surface area contributed by atoms with Gasteiger partial charge in [-0.15, -0.1) is 0 Å². The molecule has 3 aliphatic rings. The molecule has 1 saturated carbocycles. The lowest BCUT2D eigenvalue weighted by Crippen LogP contribution is -2.65. The number of amides is 1. The lowest BCUT2D eigenvalue weighted by Gasteiger charge is -2.50. The van der Waals surface area contributed by atoms with Crippen LogP contribution in [0.15, 0.2) is 59.4 Å². The van der Waals surface area contributed by atoms with Crippen molar-refractivity contribution in [3.8, 4) is 17.6 Å². The molecule has 2 aromatic carbocycles. The molecule has 0 bridgehead atoms. The SMILES string of the molecule is CNC(=O)C1=C(O)C2(O)C(=O)C3=C(O)c4c(O)ccc(C#Cc5ccccc5)c4CC3CC2C(N(C)C)C1=O. The number of nitrogens with zero attached hydrogens (tertiary/aromatic N) is 1. The van der Waals surface area contributed by atoms with Crippen molar-refractivity contribution < 1.29 is 34.8 Å². The van der Waals surface area contributed by atoms with Gasteiger partial charge in [-0.05, 0) is 62.7 Å². The van der Waals surface area contributed by atoms with Gasteiger partial charge in [0.15, 0.2) is 11.4 Å². The minimum atomic E-state index is -2.62. The topological polar surface area (TPSA) is 147 Å². The molecular formula is C30H28N2O7. The Bertz CT molecular complexity index is 1540. The van der Waals surface area contributed by atoms with Crippen LogP contribution in [0.2, 0.25) is 0 Å². The minimum absolute atomic E-state index is 0.0301. The van der Waals surface area contributed by atoms with E-state index < -0.39 is 58.0 Å². The Morgan fingerprint density at radius 2 is 1.74 bits per heavy atom. The molecule has 5 N–H and O–H groups in total. The molecule has 0 saturated heterocycles. The van der Waals surface area contributed by atoms with Crippen molar-refractivity contribution in [3.05, 3.63) is 81.6 Å². The maximum absolute atomic E-state index is 14.0. The van der Waals surface area contributed by atoms with Crippen LogP contribution < -0.4 is 5.32 Å². The highest BCUT2D eigenvalue weighted by atomic mass is 16.3. The average Bonchev–Trinajstić information content (AvgIpc) is 2.90. The van der Waals surface area contributed by atoms with E-state index in [4.69, 9.17) is 0 Å². The van der Waals surface area contributed by atoms with E-state index >= 15 is 0 Å². The van der Waals surface area contributed by atoms with Crippen molar-refractivity contribution in [1.82, 2.24) is 10.2 Å². The number of carbonyl (C=O) groups is 3. The maximum atomic E-state index is 14.0. The zero-order chi connectivity index (χ0) is 28.2. The first-order valence-electron chi connectivity index (χ1n) is 12.5. The molecule has 4 atom stereocenters. The van der Waals surface area contributed by atoms with Gasteiger partial charge in [0.05, 0.1) is 11.6 Å². The summed E-state index contributed by atoms with van der Waals surface area (Å²) in [5.74, 6) is -0.0506. The number of aromatic hydroxyl groups is 1. The van der Waals surface area contributed by atoms with Crippen LogP contribution in [-0.2, 0) is 20.8 Å². The highest BCUT2D eigenvalue weighted by molar-refractivity contribution is 6.24. The predicted octanol–water partition coefficient (Wildman–Crippen LogP) is 1.62. The van der Waals surface area contributed by atoms with Gasteiger partial charge in [-0.3, -0.25) is 19.3 Å². The number of phenolic OH excluding ortho intramolecular Hbond substituents is 1. The Labute approximate surface area is 225 Å². The van der Waals surface area contributed by atoms with Crippen molar-refractivity contribution in [2.45, 2.75) is 24.5 Å². The van der Waals surface area contributed by atoms with Crippen molar-refractivity contribution >= 4 is 23.2 Å². The second kappa shape index (κ2) is 9.42. The predicted molar refractivity (Wildman–Crippen MR) is 142 cm³/mol. The Hall–Kier alpha value is -4.39. The number of ketones is 2. The first kappa shape index (κ1) is 26.2. The Morgan fingerprint density at radius 3 is 2.38 bits per heavy atom. The summed E-state index contributed by atoms with van der Waals surface area (Å²) < 4.78 is 0. The van der Waals surface area contributed by atoms with E-state index in [0.29, 0.717) is 11.1 Å². The number of Topliss-reactive ketones (excluding diaryl/α,β-unsaturated/α-hetero) is 2. The molecule has 200 valence electrons. The average molecular weight is 529 g/mol. The number of nitrogens with one attached hydrogen (secondary N) is 1. The lowest BCUT2D eigenvalue weighted by molar-refractivity contribution is -0.153. The minimum Gasteiger partial charge on any atom is -0.508 e. The van der Waals surface area contributed by atoms with Crippen LogP contribution in [-0.4, -0.2) is 75.6 Å². The fraction of sp³-hybridized carbons (Fsp3) is 0.300. The number of likely N-dealkylation sites (N-methyl/N-ethyl adjacent to an activating group) is 2. The second-order valence-corrected chi connectivity index (χ2v) is 10.3. The first-order valence-corrected chi connectivity index (χ1v) is 12.5. The van der Waals surface area contributed by atoms with Crippen molar-refractivity contribution in [2.75, 3.05) is 21.1 Å². The second-order valence-electron chi connectivity index (χ2n) is 10.3. The number of fused-ring (bicyclic) bond motifs is 3. The number of aliphatic hydroxyl groups excluding tert-OH is 2. The molecule has 1 amide bonds. The van der Waals surface area contributed by atoms with E-state index in [0.717, 1.165) is 5.56 Å². The molecule has 5 rings (SSSR count). The van der Waals surface area contributed by atoms with Crippen molar-refractivity contribution in [3.63, 3.8) is 0 Å². The number of carbonyl (C=O) groups excluding carboxylic acids is 3. The van der Waals surface area contributed by atoms with E-state index in [2.05, 4.69) is 17.2 Å². The fourth-order valence-corrected chi connectivity index (χ4v) is 6.13. The normalized spacial score (nSPS) is 25.9. The number of aliphatic hydroxyl groups is 3. The van der Waals surface area contributed by atoms with Gasteiger partial charge >= 0.3 is 0 Å². The van der Waals surface area contributed by atoms with Crippen LogP contribution >= 0.6 is 0 Å². The number of hydrogen-bond acceptors (Lipinski definition) is 8. The summed E-state index contributed by atoms with van der Waals surface area (Å²) in [5, 5.41) is 47.1. The molecule has 0 aromatic heterocycles. The highest BCUT2D eigenvalue weighted by Gasteiger charge is 2.64. The molecule has 9 heteroatoms. The molecule has 3 aliphatic carbocycles. The molecular weight excluding hydrogens is 500 g/mol. The summed E-state index contributed by atoms with van der Waals surface area (Å²) in [6.07, 6.45) is 0.239. The van der Waals surface area contributed by atoms with E-state index in [1.165, 1.54) is 18.0 Å². The van der Waals surface area contributed by atoms with Crippen molar-refractivity contribution in [2.24, 2.45) is 11.8 Å². The van der Waals surface area contributed by atoms with Crippen LogP contribution in [0, 0.1) is 23.7 Å². The van der Waals surface area contributed by atoms with Gasteiger partial charge in [0, 0.05) is 29.7 Å². The van der Waals surface area contributed by atoms with Gasteiger partial charge in [-0.1, -0.05) is 30.0 Å². The first-order chi connectivity index (χ1) is 18.5. The summed E-state index contributed by atoms with van der Waals surface area (Å²) in [6, 6.07) is 11.2. The Morgan fingerprint density at radius 1 is 1.05 bits per heavy atom. The van der Waals surface area contributed by atoms with Crippen LogP contribution in [0.5, 0.6) is 5.75 Å². The van der Waals surface area contributed by atoms with E-state index in [1.807, 2.05) is 30.3 Å². The van der Waals surface area contributed by atoms with Crippen LogP contribution in [0.4, 0.5) is 0 Å². The molecule has 9 nitrogen and oxygen atoms in total. The van der Waals surface area contributed by atoms with Crippen molar-refractivity contribution in [1.29, 1.82) is 0 Å².